The summed E-state index contributed by atoms with van der Waals surface area (Å²) in [5.74, 6) is 0.896. The molecule has 0 spiro atoms. The first-order chi connectivity index (χ1) is 9.63. The third-order valence-corrected chi connectivity index (χ3v) is 4.36. The molecule has 0 aliphatic carbocycles. The number of piperidine rings is 1. The van der Waals surface area contributed by atoms with E-state index >= 15 is 0 Å². The molecular weight excluding hydrogens is 284 g/mol. The van der Waals surface area contributed by atoms with E-state index in [-0.39, 0.29) is 24.4 Å². The van der Waals surface area contributed by atoms with Gasteiger partial charge in [0.25, 0.3) is 0 Å². The molecule has 1 amide bonds. The van der Waals surface area contributed by atoms with Crippen molar-refractivity contribution in [3.8, 4) is 0 Å². The molecule has 0 saturated carbocycles. The molecule has 2 N–H and O–H groups in total. The van der Waals surface area contributed by atoms with Gasteiger partial charge in [-0.1, -0.05) is 38.1 Å². The highest BCUT2D eigenvalue weighted by molar-refractivity contribution is 5.85. The number of rotatable bonds is 4. The molecule has 1 fully saturated rings. The minimum atomic E-state index is 0. The number of hydrogen-bond donors (Lipinski definition) is 1. The summed E-state index contributed by atoms with van der Waals surface area (Å²) < 4.78 is 0. The number of hydrogen-bond acceptors (Lipinski definition) is 2. The van der Waals surface area contributed by atoms with Crippen molar-refractivity contribution < 1.29 is 4.79 Å². The lowest BCUT2D eigenvalue weighted by atomic mass is 9.92. The second-order valence-electron chi connectivity index (χ2n) is 5.95. The largest absolute Gasteiger partial charge is 0.338 e. The highest BCUT2D eigenvalue weighted by atomic mass is 35.5. The highest BCUT2D eigenvalue weighted by Crippen LogP contribution is 2.22. The van der Waals surface area contributed by atoms with E-state index in [0.29, 0.717) is 18.9 Å². The fraction of sp³-hybridized carbons (Fsp3) is 0.588. The first kappa shape index (κ1) is 18.0. The molecule has 118 valence electrons. The summed E-state index contributed by atoms with van der Waals surface area (Å²) in [6.07, 6.45) is 3.66. The van der Waals surface area contributed by atoms with Gasteiger partial charge >= 0.3 is 0 Å². The molecule has 2 unspecified atom stereocenters. The summed E-state index contributed by atoms with van der Waals surface area (Å²) in [6.45, 7) is 5.81. The molecule has 3 nitrogen and oxygen atoms in total. The first-order valence-electron chi connectivity index (χ1n) is 7.71. The number of carbonyl (C=O) groups is 1. The fourth-order valence-corrected chi connectivity index (χ4v) is 2.97. The summed E-state index contributed by atoms with van der Waals surface area (Å²) in [5, 5.41) is 0. The molecule has 0 radical (unpaired) electrons. The normalized spacial score (nSPS) is 21.8. The summed E-state index contributed by atoms with van der Waals surface area (Å²) >= 11 is 0. The van der Waals surface area contributed by atoms with Crippen molar-refractivity contribution in [2.75, 3.05) is 13.1 Å². The molecule has 4 heteroatoms. The van der Waals surface area contributed by atoms with E-state index in [1.54, 1.807) is 0 Å². The van der Waals surface area contributed by atoms with Crippen molar-refractivity contribution >= 4 is 18.3 Å². The zero-order valence-electron chi connectivity index (χ0n) is 13.0. The Hall–Kier alpha value is -1.06. The Balaban J connectivity index is 0.00000220. The molecule has 1 saturated heterocycles. The summed E-state index contributed by atoms with van der Waals surface area (Å²) in [7, 11) is 0. The lowest BCUT2D eigenvalue weighted by Crippen LogP contribution is -2.49. The monoisotopic (exact) mass is 310 g/mol. The molecule has 21 heavy (non-hydrogen) atoms. The summed E-state index contributed by atoms with van der Waals surface area (Å²) in [4.78, 5) is 14.5. The molecule has 0 bridgehead atoms. The molecule has 1 aliphatic rings. The van der Waals surface area contributed by atoms with Gasteiger partial charge in [0.1, 0.15) is 0 Å². The lowest BCUT2D eigenvalue weighted by Gasteiger charge is -2.38. The Morgan fingerprint density at radius 1 is 1.29 bits per heavy atom. The fourth-order valence-electron chi connectivity index (χ4n) is 2.97. The van der Waals surface area contributed by atoms with Crippen LogP contribution in [0.3, 0.4) is 0 Å². The van der Waals surface area contributed by atoms with Gasteiger partial charge in [0.2, 0.25) is 5.91 Å². The average molecular weight is 311 g/mol. The molecule has 1 aromatic carbocycles. The molecule has 1 aromatic rings. The Kier molecular flexibility index (Phi) is 7.20. The summed E-state index contributed by atoms with van der Waals surface area (Å²) in [5.41, 5.74) is 8.24. The molecular formula is C17H27ClN2O. The minimum absolute atomic E-state index is 0. The van der Waals surface area contributed by atoms with Crippen LogP contribution < -0.4 is 5.73 Å². The predicted octanol–water partition coefficient (Wildman–Crippen LogP) is 2.80. The third kappa shape index (κ3) is 4.72. The van der Waals surface area contributed by atoms with Crippen LogP contribution in [-0.2, 0) is 17.6 Å². The summed E-state index contributed by atoms with van der Waals surface area (Å²) in [6, 6.07) is 8.59. The zero-order chi connectivity index (χ0) is 14.5. The SMILES string of the molecule is CCc1ccc(CC(=O)N2CCC(C)CC2CN)cc1.Cl. The maximum absolute atomic E-state index is 12.5. The second-order valence-corrected chi connectivity index (χ2v) is 5.95. The van der Waals surface area contributed by atoms with Crippen molar-refractivity contribution in [2.45, 2.75) is 45.6 Å². The Bertz CT molecular complexity index is 447. The quantitative estimate of drug-likeness (QED) is 0.929. The van der Waals surface area contributed by atoms with Gasteiger partial charge in [-0.25, -0.2) is 0 Å². The lowest BCUT2D eigenvalue weighted by molar-refractivity contribution is -0.134. The number of amides is 1. The van der Waals surface area contributed by atoms with E-state index in [9.17, 15) is 4.79 Å². The number of carbonyl (C=O) groups excluding carboxylic acids is 1. The predicted molar refractivity (Wildman–Crippen MR) is 89.7 cm³/mol. The molecule has 2 atom stereocenters. The van der Waals surface area contributed by atoms with Crippen LogP contribution in [0.5, 0.6) is 0 Å². The number of nitrogens with zero attached hydrogens (tertiary/aromatic N) is 1. The van der Waals surface area contributed by atoms with Crippen LogP contribution in [0, 0.1) is 5.92 Å². The maximum atomic E-state index is 12.5. The molecule has 1 aliphatic heterocycles. The smallest absolute Gasteiger partial charge is 0.227 e. The maximum Gasteiger partial charge on any atom is 0.227 e. The van der Waals surface area contributed by atoms with Gasteiger partial charge in [0, 0.05) is 19.1 Å². The van der Waals surface area contributed by atoms with Gasteiger partial charge in [0.15, 0.2) is 0 Å². The zero-order valence-corrected chi connectivity index (χ0v) is 13.9. The molecule has 1 heterocycles. The average Bonchev–Trinajstić information content (AvgIpc) is 2.47. The van der Waals surface area contributed by atoms with E-state index in [1.165, 1.54) is 5.56 Å². The van der Waals surface area contributed by atoms with Crippen molar-refractivity contribution in [3.05, 3.63) is 35.4 Å². The topological polar surface area (TPSA) is 46.3 Å². The van der Waals surface area contributed by atoms with E-state index in [4.69, 9.17) is 5.73 Å². The first-order valence-corrected chi connectivity index (χ1v) is 7.71. The number of likely N-dealkylation sites (tertiary alicyclic amines) is 1. The van der Waals surface area contributed by atoms with Crippen LogP contribution in [0.15, 0.2) is 24.3 Å². The number of benzene rings is 1. The number of halogens is 1. The van der Waals surface area contributed by atoms with Crippen molar-refractivity contribution in [1.29, 1.82) is 0 Å². The second kappa shape index (κ2) is 8.40. The van der Waals surface area contributed by atoms with E-state index in [0.717, 1.165) is 31.4 Å². The number of aryl methyl sites for hydroxylation is 1. The van der Waals surface area contributed by atoms with Crippen molar-refractivity contribution in [2.24, 2.45) is 11.7 Å². The van der Waals surface area contributed by atoms with E-state index in [1.807, 2.05) is 4.90 Å². The third-order valence-electron chi connectivity index (χ3n) is 4.36. The van der Waals surface area contributed by atoms with Crippen LogP contribution in [0.4, 0.5) is 0 Å². The van der Waals surface area contributed by atoms with Crippen molar-refractivity contribution in [3.63, 3.8) is 0 Å². The van der Waals surface area contributed by atoms with Crippen LogP contribution >= 0.6 is 12.4 Å². The van der Waals surface area contributed by atoms with Gasteiger partial charge < -0.3 is 10.6 Å². The number of nitrogens with two attached hydrogens (primary N) is 1. The Labute approximate surface area is 134 Å². The van der Waals surface area contributed by atoms with Gasteiger partial charge in [-0.15, -0.1) is 12.4 Å². The molecule has 2 rings (SSSR count). The van der Waals surface area contributed by atoms with Gasteiger partial charge in [0.05, 0.1) is 6.42 Å². The Morgan fingerprint density at radius 2 is 1.90 bits per heavy atom. The van der Waals surface area contributed by atoms with E-state index in [2.05, 4.69) is 38.1 Å². The van der Waals surface area contributed by atoms with Crippen LogP contribution in [0.1, 0.15) is 37.8 Å². The van der Waals surface area contributed by atoms with Gasteiger partial charge in [-0.05, 0) is 36.3 Å². The van der Waals surface area contributed by atoms with Crippen molar-refractivity contribution in [1.82, 2.24) is 4.90 Å². The molecule has 0 aromatic heterocycles. The minimum Gasteiger partial charge on any atom is -0.338 e. The standard InChI is InChI=1S/C17H26N2O.ClH/c1-3-14-4-6-15(7-5-14)11-17(20)19-9-8-13(2)10-16(19)12-18;/h4-7,13,16H,3,8-12,18H2,1-2H3;1H. The van der Waals surface area contributed by atoms with Gasteiger partial charge in [-0.2, -0.15) is 0 Å². The van der Waals surface area contributed by atoms with Crippen LogP contribution in [-0.4, -0.2) is 29.9 Å². The van der Waals surface area contributed by atoms with Crippen LogP contribution in [0.25, 0.3) is 0 Å². The van der Waals surface area contributed by atoms with E-state index < -0.39 is 0 Å². The van der Waals surface area contributed by atoms with Crippen LogP contribution in [0.2, 0.25) is 0 Å². The van der Waals surface area contributed by atoms with Gasteiger partial charge in [-0.3, -0.25) is 4.79 Å². The Morgan fingerprint density at radius 3 is 2.48 bits per heavy atom. The highest BCUT2D eigenvalue weighted by Gasteiger charge is 2.28.